The van der Waals surface area contributed by atoms with Crippen LogP contribution in [0.4, 0.5) is 4.39 Å². The maximum absolute atomic E-state index is 14.2. The van der Waals surface area contributed by atoms with Gasteiger partial charge in [-0.1, -0.05) is 0 Å². The van der Waals surface area contributed by atoms with E-state index in [0.717, 1.165) is 11.3 Å². The number of hydrogen-bond donors (Lipinski definition) is 1. The van der Waals surface area contributed by atoms with Gasteiger partial charge in [0.2, 0.25) is 5.67 Å². The standard InChI is InChI=1S/C17H15FN2O6/c18-17(16(22)23)3-4-20(8-17)15(21)13-14(26-9-19-13)10-1-2-11-12(7-10)25-6-5-24-11/h1-2,7,9H,3-6,8H2,(H,22,23). The summed E-state index contributed by atoms with van der Waals surface area (Å²) in [5.74, 6) is -0.822. The van der Waals surface area contributed by atoms with Gasteiger partial charge in [0.1, 0.15) is 13.2 Å². The zero-order valence-corrected chi connectivity index (χ0v) is 13.6. The number of carboxylic acid groups (broad SMARTS) is 1. The Labute approximate surface area is 147 Å². The molecule has 1 atom stereocenters. The van der Waals surface area contributed by atoms with Crippen molar-refractivity contribution in [3.8, 4) is 22.8 Å². The molecule has 3 heterocycles. The van der Waals surface area contributed by atoms with E-state index in [0.29, 0.717) is 30.3 Å². The van der Waals surface area contributed by atoms with Gasteiger partial charge in [0, 0.05) is 18.5 Å². The Morgan fingerprint density at radius 3 is 2.73 bits per heavy atom. The van der Waals surface area contributed by atoms with Crippen molar-refractivity contribution in [2.75, 3.05) is 26.3 Å². The van der Waals surface area contributed by atoms with Crippen LogP contribution in [0.3, 0.4) is 0 Å². The van der Waals surface area contributed by atoms with Gasteiger partial charge in [-0.3, -0.25) is 4.79 Å². The zero-order chi connectivity index (χ0) is 18.3. The van der Waals surface area contributed by atoms with Gasteiger partial charge in [0.15, 0.2) is 29.3 Å². The van der Waals surface area contributed by atoms with Gasteiger partial charge in [0.25, 0.3) is 5.91 Å². The van der Waals surface area contributed by atoms with E-state index in [4.69, 9.17) is 19.0 Å². The minimum Gasteiger partial charge on any atom is -0.486 e. The molecule has 0 bridgehead atoms. The second-order valence-corrected chi connectivity index (χ2v) is 6.14. The fourth-order valence-corrected chi connectivity index (χ4v) is 3.06. The van der Waals surface area contributed by atoms with E-state index in [9.17, 15) is 14.0 Å². The highest BCUT2D eigenvalue weighted by molar-refractivity contribution is 5.98. The third kappa shape index (κ3) is 2.65. The molecule has 9 heteroatoms. The number of aliphatic carboxylic acids is 1. The van der Waals surface area contributed by atoms with Crippen LogP contribution in [-0.2, 0) is 4.79 Å². The molecule has 1 amide bonds. The number of alkyl halides is 1. The van der Waals surface area contributed by atoms with Crippen molar-refractivity contribution in [1.82, 2.24) is 9.88 Å². The quantitative estimate of drug-likeness (QED) is 0.887. The average molecular weight is 362 g/mol. The molecule has 2 aromatic rings. The van der Waals surface area contributed by atoms with Crippen molar-refractivity contribution in [3.63, 3.8) is 0 Å². The number of halogens is 1. The van der Waals surface area contributed by atoms with E-state index in [1.807, 2.05) is 0 Å². The molecule has 8 nitrogen and oxygen atoms in total. The smallest absolute Gasteiger partial charge is 0.343 e. The van der Waals surface area contributed by atoms with E-state index in [1.165, 1.54) is 0 Å². The maximum atomic E-state index is 14.2. The van der Waals surface area contributed by atoms with Crippen LogP contribution in [0, 0.1) is 0 Å². The van der Waals surface area contributed by atoms with Gasteiger partial charge in [-0.15, -0.1) is 0 Å². The summed E-state index contributed by atoms with van der Waals surface area (Å²) in [6.45, 7) is 0.353. The number of ether oxygens (including phenoxy) is 2. The first kappa shape index (κ1) is 16.4. The van der Waals surface area contributed by atoms with E-state index < -0.39 is 24.1 Å². The monoisotopic (exact) mass is 362 g/mol. The predicted octanol–water partition coefficient (Wildman–Crippen LogP) is 1.75. The Balaban J connectivity index is 1.61. The highest BCUT2D eigenvalue weighted by atomic mass is 19.1. The Morgan fingerprint density at radius 1 is 1.23 bits per heavy atom. The molecule has 4 rings (SSSR count). The highest BCUT2D eigenvalue weighted by Crippen LogP contribution is 2.36. The van der Waals surface area contributed by atoms with Crippen LogP contribution in [-0.4, -0.2) is 58.8 Å². The average Bonchev–Trinajstić information content (AvgIpc) is 3.28. The molecule has 1 fully saturated rings. The molecule has 1 saturated heterocycles. The molecule has 0 radical (unpaired) electrons. The summed E-state index contributed by atoms with van der Waals surface area (Å²) in [5, 5.41) is 8.97. The minimum absolute atomic E-state index is 0.00341. The topological polar surface area (TPSA) is 102 Å². The summed E-state index contributed by atoms with van der Waals surface area (Å²) >= 11 is 0. The van der Waals surface area contributed by atoms with E-state index in [1.54, 1.807) is 18.2 Å². The number of hydrogen-bond acceptors (Lipinski definition) is 6. The first-order chi connectivity index (χ1) is 12.5. The van der Waals surface area contributed by atoms with Crippen LogP contribution >= 0.6 is 0 Å². The summed E-state index contributed by atoms with van der Waals surface area (Å²) in [5.41, 5.74) is -1.88. The first-order valence-corrected chi connectivity index (χ1v) is 8.03. The molecular weight excluding hydrogens is 347 g/mol. The second-order valence-electron chi connectivity index (χ2n) is 6.14. The maximum Gasteiger partial charge on any atom is 0.343 e. The summed E-state index contributed by atoms with van der Waals surface area (Å²) in [6.07, 6.45) is 0.862. The number of nitrogens with zero attached hydrogens (tertiary/aromatic N) is 2. The fraction of sp³-hybridized carbons (Fsp3) is 0.353. The number of fused-ring (bicyclic) bond motifs is 1. The van der Waals surface area contributed by atoms with Crippen molar-refractivity contribution in [2.24, 2.45) is 0 Å². The number of carbonyl (C=O) groups excluding carboxylic acids is 1. The largest absolute Gasteiger partial charge is 0.486 e. The lowest BCUT2D eigenvalue weighted by atomic mass is 10.1. The van der Waals surface area contributed by atoms with E-state index >= 15 is 0 Å². The van der Waals surface area contributed by atoms with Gasteiger partial charge < -0.3 is 23.9 Å². The van der Waals surface area contributed by atoms with Gasteiger partial charge in [-0.2, -0.15) is 0 Å². The molecule has 26 heavy (non-hydrogen) atoms. The predicted molar refractivity (Wildman–Crippen MR) is 84.9 cm³/mol. The van der Waals surface area contributed by atoms with Crippen LogP contribution < -0.4 is 9.47 Å². The zero-order valence-electron chi connectivity index (χ0n) is 13.6. The lowest BCUT2D eigenvalue weighted by molar-refractivity contribution is -0.149. The van der Waals surface area contributed by atoms with Gasteiger partial charge >= 0.3 is 5.97 Å². The lowest BCUT2D eigenvalue weighted by Gasteiger charge is -2.19. The van der Waals surface area contributed by atoms with Crippen molar-refractivity contribution in [3.05, 3.63) is 30.3 Å². The summed E-state index contributed by atoms with van der Waals surface area (Å²) in [7, 11) is 0. The van der Waals surface area contributed by atoms with Crippen LogP contribution in [0.1, 0.15) is 16.9 Å². The van der Waals surface area contributed by atoms with Gasteiger partial charge in [-0.05, 0) is 18.2 Å². The van der Waals surface area contributed by atoms with E-state index in [2.05, 4.69) is 4.98 Å². The number of benzene rings is 1. The molecule has 1 aromatic carbocycles. The number of oxazole rings is 1. The van der Waals surface area contributed by atoms with Crippen LogP contribution in [0.25, 0.3) is 11.3 Å². The normalized spacial score (nSPS) is 21.7. The van der Waals surface area contributed by atoms with Crippen LogP contribution in [0.2, 0.25) is 0 Å². The van der Waals surface area contributed by atoms with Crippen molar-refractivity contribution >= 4 is 11.9 Å². The Kier molecular flexibility index (Phi) is 3.78. The number of likely N-dealkylation sites (tertiary alicyclic amines) is 1. The van der Waals surface area contributed by atoms with Crippen LogP contribution in [0.5, 0.6) is 11.5 Å². The minimum atomic E-state index is -2.43. The molecule has 0 spiro atoms. The van der Waals surface area contributed by atoms with Gasteiger partial charge in [0.05, 0.1) is 6.54 Å². The van der Waals surface area contributed by atoms with Crippen molar-refractivity contribution in [1.29, 1.82) is 0 Å². The Hall–Kier alpha value is -3.10. The molecule has 1 unspecified atom stereocenters. The van der Waals surface area contributed by atoms with Crippen LogP contribution in [0.15, 0.2) is 29.0 Å². The molecule has 1 aromatic heterocycles. The SMILES string of the molecule is O=C(c1ncoc1-c1ccc2c(c1)OCCO2)N1CCC(F)(C(=O)O)C1. The van der Waals surface area contributed by atoms with E-state index in [-0.39, 0.29) is 24.4 Å². The fourth-order valence-electron chi connectivity index (χ4n) is 3.06. The third-order valence-corrected chi connectivity index (χ3v) is 4.46. The Bertz CT molecular complexity index is 882. The van der Waals surface area contributed by atoms with Crippen molar-refractivity contribution in [2.45, 2.75) is 12.1 Å². The summed E-state index contributed by atoms with van der Waals surface area (Å²) < 4.78 is 30.6. The summed E-state index contributed by atoms with van der Waals surface area (Å²) in [6, 6.07) is 5.07. The molecule has 136 valence electrons. The molecule has 2 aliphatic heterocycles. The molecule has 0 aliphatic carbocycles. The van der Waals surface area contributed by atoms with Crippen molar-refractivity contribution < 1.29 is 33.0 Å². The lowest BCUT2D eigenvalue weighted by Crippen LogP contribution is -2.39. The summed E-state index contributed by atoms with van der Waals surface area (Å²) in [4.78, 5) is 28.8. The number of carbonyl (C=O) groups is 2. The molecule has 0 saturated carbocycles. The number of rotatable bonds is 3. The Morgan fingerprint density at radius 2 is 2.00 bits per heavy atom. The molecule has 2 aliphatic rings. The third-order valence-electron chi connectivity index (χ3n) is 4.46. The number of amides is 1. The second kappa shape index (κ2) is 6.01. The molecule has 1 N–H and O–H groups in total. The van der Waals surface area contributed by atoms with Gasteiger partial charge in [-0.25, -0.2) is 14.2 Å². The molecular formula is C17H15FN2O6. The number of carboxylic acids is 1. The first-order valence-electron chi connectivity index (χ1n) is 8.03. The number of aromatic nitrogens is 1. The highest BCUT2D eigenvalue weighted by Gasteiger charge is 2.47.